The van der Waals surface area contributed by atoms with E-state index in [1.165, 1.54) is 11.8 Å². The predicted octanol–water partition coefficient (Wildman–Crippen LogP) is 3.67. The van der Waals surface area contributed by atoms with Gasteiger partial charge in [0.15, 0.2) is 0 Å². The minimum absolute atomic E-state index is 0.296. The van der Waals surface area contributed by atoms with Gasteiger partial charge in [-0.25, -0.2) is 14.8 Å². The summed E-state index contributed by atoms with van der Waals surface area (Å²) in [6.07, 6.45) is 1.44. The zero-order valence-electron chi connectivity index (χ0n) is 14.0. The highest BCUT2D eigenvalue weighted by Gasteiger charge is 2.16. The number of hydrogen-bond donors (Lipinski definition) is 1. The topological polar surface area (TPSA) is 78.1 Å². The second-order valence-corrected chi connectivity index (χ2v) is 5.69. The molecule has 24 heavy (non-hydrogen) atoms. The molecule has 0 spiro atoms. The minimum atomic E-state index is -0.420. The maximum Gasteiger partial charge on any atom is 0.340 e. The average molecular weight is 321 g/mol. The number of aryl methyl sites for hydroxylation is 2. The summed E-state index contributed by atoms with van der Waals surface area (Å²) in [6.45, 7) is 6.17. The molecule has 0 aliphatic rings. The fourth-order valence-corrected chi connectivity index (χ4v) is 2.76. The molecule has 2 N–H and O–H groups in total. The summed E-state index contributed by atoms with van der Waals surface area (Å²) in [7, 11) is 0. The lowest BCUT2D eigenvalue weighted by Crippen LogP contribution is -2.08. The molecule has 0 aliphatic heterocycles. The number of esters is 1. The van der Waals surface area contributed by atoms with Gasteiger partial charge in [-0.1, -0.05) is 23.8 Å². The van der Waals surface area contributed by atoms with Crippen molar-refractivity contribution in [3.05, 3.63) is 53.2 Å². The lowest BCUT2D eigenvalue weighted by atomic mass is 10.0. The molecular formula is C19H19N3O2. The zero-order chi connectivity index (χ0) is 17.3. The van der Waals surface area contributed by atoms with Gasteiger partial charge in [0, 0.05) is 17.1 Å². The molecule has 0 radical (unpaired) electrons. The van der Waals surface area contributed by atoms with Crippen LogP contribution < -0.4 is 5.73 Å². The molecular weight excluding hydrogens is 302 g/mol. The third-order valence-corrected chi connectivity index (χ3v) is 3.91. The number of nitrogens with two attached hydrogens (primary N) is 1. The largest absolute Gasteiger partial charge is 0.462 e. The van der Waals surface area contributed by atoms with Crippen molar-refractivity contribution in [3.63, 3.8) is 0 Å². The van der Waals surface area contributed by atoms with E-state index in [0.717, 1.165) is 16.8 Å². The molecule has 0 atom stereocenters. The number of benzene rings is 1. The van der Waals surface area contributed by atoms with E-state index in [-0.39, 0.29) is 0 Å². The van der Waals surface area contributed by atoms with Crippen molar-refractivity contribution in [1.82, 2.24) is 9.97 Å². The molecule has 122 valence electrons. The van der Waals surface area contributed by atoms with Crippen LogP contribution in [-0.4, -0.2) is 22.5 Å². The average Bonchev–Trinajstić information content (AvgIpc) is 2.55. The van der Waals surface area contributed by atoms with Crippen LogP contribution in [0, 0.1) is 13.8 Å². The SMILES string of the molecule is CCOC(=O)c1cnc(N)c2nc(-c3ccc(C)cc3C)ccc12. The highest BCUT2D eigenvalue weighted by atomic mass is 16.5. The normalized spacial score (nSPS) is 10.8. The summed E-state index contributed by atoms with van der Waals surface area (Å²) >= 11 is 0. The predicted molar refractivity (Wildman–Crippen MR) is 94.8 cm³/mol. The summed E-state index contributed by atoms with van der Waals surface area (Å²) in [4.78, 5) is 20.8. The summed E-state index contributed by atoms with van der Waals surface area (Å²) in [5, 5.41) is 0.648. The molecule has 0 amide bonds. The first-order valence-corrected chi connectivity index (χ1v) is 7.81. The van der Waals surface area contributed by atoms with Crippen molar-refractivity contribution in [2.45, 2.75) is 20.8 Å². The maximum atomic E-state index is 12.1. The van der Waals surface area contributed by atoms with Crippen LogP contribution in [0.2, 0.25) is 0 Å². The smallest absolute Gasteiger partial charge is 0.340 e. The number of pyridine rings is 2. The van der Waals surface area contributed by atoms with Gasteiger partial charge < -0.3 is 10.5 Å². The van der Waals surface area contributed by atoms with Crippen molar-refractivity contribution in [2.24, 2.45) is 0 Å². The molecule has 5 nitrogen and oxygen atoms in total. The van der Waals surface area contributed by atoms with Crippen LogP contribution in [0.5, 0.6) is 0 Å². The third kappa shape index (κ3) is 2.80. The van der Waals surface area contributed by atoms with Crippen molar-refractivity contribution in [2.75, 3.05) is 12.3 Å². The standard InChI is InChI=1S/C19H19N3O2/c1-4-24-19(23)15-10-21-18(20)17-14(15)7-8-16(22-17)13-6-5-11(2)9-12(13)3/h5-10H,4H2,1-3H3,(H2,20,21). The van der Waals surface area contributed by atoms with Crippen LogP contribution in [0.1, 0.15) is 28.4 Å². The second-order valence-electron chi connectivity index (χ2n) is 5.69. The number of ether oxygens (including phenoxy) is 1. The lowest BCUT2D eigenvalue weighted by Gasteiger charge is -2.10. The molecule has 5 heteroatoms. The first-order valence-electron chi connectivity index (χ1n) is 7.81. The van der Waals surface area contributed by atoms with Gasteiger partial charge in [0.25, 0.3) is 0 Å². The summed E-state index contributed by atoms with van der Waals surface area (Å²) in [6, 6.07) is 9.93. The molecule has 0 aliphatic carbocycles. The van der Waals surface area contributed by atoms with Crippen molar-refractivity contribution in [1.29, 1.82) is 0 Å². The Labute approximate surface area is 140 Å². The van der Waals surface area contributed by atoms with Crippen molar-refractivity contribution >= 4 is 22.7 Å². The van der Waals surface area contributed by atoms with Crippen molar-refractivity contribution in [3.8, 4) is 11.3 Å². The first kappa shape index (κ1) is 15.9. The molecule has 2 heterocycles. The number of aromatic nitrogens is 2. The Morgan fingerprint density at radius 3 is 2.71 bits per heavy atom. The van der Waals surface area contributed by atoms with E-state index in [2.05, 4.69) is 23.0 Å². The number of rotatable bonds is 3. The molecule has 0 bridgehead atoms. The Kier molecular flexibility index (Phi) is 4.16. The van der Waals surface area contributed by atoms with Gasteiger partial charge >= 0.3 is 5.97 Å². The van der Waals surface area contributed by atoms with Gasteiger partial charge in [-0.15, -0.1) is 0 Å². The van der Waals surface area contributed by atoms with E-state index in [1.54, 1.807) is 6.92 Å². The van der Waals surface area contributed by atoms with Gasteiger partial charge in [0.1, 0.15) is 11.3 Å². The third-order valence-electron chi connectivity index (χ3n) is 3.91. The molecule has 0 unspecified atom stereocenters. The number of anilines is 1. The van der Waals surface area contributed by atoms with Gasteiger partial charge in [0.2, 0.25) is 0 Å². The molecule has 0 fully saturated rings. The van der Waals surface area contributed by atoms with Gasteiger partial charge in [-0.3, -0.25) is 0 Å². The fraction of sp³-hybridized carbons (Fsp3) is 0.211. The Bertz CT molecular complexity index is 935. The van der Waals surface area contributed by atoms with E-state index in [9.17, 15) is 4.79 Å². The lowest BCUT2D eigenvalue weighted by molar-refractivity contribution is 0.0528. The maximum absolute atomic E-state index is 12.1. The highest BCUT2D eigenvalue weighted by Crippen LogP contribution is 2.28. The van der Waals surface area contributed by atoms with Gasteiger partial charge in [-0.2, -0.15) is 0 Å². The first-order chi connectivity index (χ1) is 11.5. The number of fused-ring (bicyclic) bond motifs is 1. The Balaban J connectivity index is 2.18. The van der Waals surface area contributed by atoms with Crippen LogP contribution >= 0.6 is 0 Å². The van der Waals surface area contributed by atoms with E-state index < -0.39 is 5.97 Å². The Morgan fingerprint density at radius 1 is 1.21 bits per heavy atom. The van der Waals surface area contributed by atoms with E-state index >= 15 is 0 Å². The van der Waals surface area contributed by atoms with Crippen LogP contribution in [0.15, 0.2) is 36.5 Å². The van der Waals surface area contributed by atoms with E-state index in [1.807, 2.05) is 31.2 Å². The van der Waals surface area contributed by atoms with Crippen molar-refractivity contribution < 1.29 is 9.53 Å². The minimum Gasteiger partial charge on any atom is -0.462 e. The number of nitrogen functional groups attached to an aromatic ring is 1. The molecule has 2 aromatic heterocycles. The quantitative estimate of drug-likeness (QED) is 0.745. The van der Waals surface area contributed by atoms with Gasteiger partial charge in [0.05, 0.1) is 17.9 Å². The molecule has 3 aromatic rings. The van der Waals surface area contributed by atoms with E-state index in [4.69, 9.17) is 10.5 Å². The van der Waals surface area contributed by atoms with Gasteiger partial charge in [-0.05, 0) is 38.5 Å². The fourth-order valence-electron chi connectivity index (χ4n) is 2.76. The Morgan fingerprint density at radius 2 is 2.00 bits per heavy atom. The molecule has 3 rings (SSSR count). The summed E-state index contributed by atoms with van der Waals surface area (Å²) in [5.74, 6) is -0.124. The number of carbonyl (C=O) groups excluding carboxylic acids is 1. The van der Waals surface area contributed by atoms with Crippen LogP contribution in [0.25, 0.3) is 22.2 Å². The molecule has 1 aromatic carbocycles. The molecule has 0 saturated heterocycles. The monoisotopic (exact) mass is 321 g/mol. The summed E-state index contributed by atoms with van der Waals surface area (Å²) < 4.78 is 5.08. The Hall–Kier alpha value is -2.95. The number of nitrogens with zero attached hydrogens (tertiary/aromatic N) is 2. The van der Waals surface area contributed by atoms with Crippen LogP contribution in [0.4, 0.5) is 5.82 Å². The number of carbonyl (C=O) groups is 1. The number of hydrogen-bond acceptors (Lipinski definition) is 5. The molecule has 0 saturated carbocycles. The summed E-state index contributed by atoms with van der Waals surface area (Å²) in [5.41, 5.74) is 11.0. The van der Waals surface area contributed by atoms with Crippen LogP contribution in [-0.2, 0) is 4.74 Å². The van der Waals surface area contributed by atoms with Crippen LogP contribution in [0.3, 0.4) is 0 Å². The van der Waals surface area contributed by atoms with E-state index in [0.29, 0.717) is 28.9 Å². The second kappa shape index (κ2) is 6.28. The zero-order valence-corrected chi connectivity index (χ0v) is 14.0. The highest BCUT2D eigenvalue weighted by molar-refractivity contribution is 6.06.